The van der Waals surface area contributed by atoms with E-state index in [9.17, 15) is 5.11 Å². The lowest BCUT2D eigenvalue weighted by molar-refractivity contribution is 0.266. The monoisotopic (exact) mass is 523 g/mol. The van der Waals surface area contributed by atoms with Crippen LogP contribution in [0.2, 0.25) is 18.1 Å². The lowest BCUT2D eigenvalue weighted by atomic mass is 10.1. The standard InChI is InChI=1S/C29H37NO4SSi/c1-29(2,3)36(6,7)34-19-22-26(33-5)16-14-24-28(22)35-27-21(18-31)25(32-4)15-13-23(27)30(24)17-20-11-9-8-10-12-20/h8-16,31H,17-19H2,1-7H3. The van der Waals surface area contributed by atoms with E-state index in [0.29, 0.717) is 18.9 Å². The highest BCUT2D eigenvalue weighted by atomic mass is 32.2. The maximum absolute atomic E-state index is 10.3. The summed E-state index contributed by atoms with van der Waals surface area (Å²) in [6, 6.07) is 18.7. The van der Waals surface area contributed by atoms with Crippen molar-refractivity contribution in [1.82, 2.24) is 0 Å². The zero-order valence-corrected chi connectivity index (χ0v) is 24.2. The van der Waals surface area contributed by atoms with Crippen LogP contribution in [-0.4, -0.2) is 27.6 Å². The summed E-state index contributed by atoms with van der Waals surface area (Å²) in [5.41, 5.74) is 5.21. The first-order valence-corrected chi connectivity index (χ1v) is 16.0. The van der Waals surface area contributed by atoms with E-state index in [1.165, 1.54) is 5.56 Å². The minimum absolute atomic E-state index is 0.103. The Morgan fingerprint density at radius 2 is 1.39 bits per heavy atom. The Morgan fingerprint density at radius 1 is 0.833 bits per heavy atom. The van der Waals surface area contributed by atoms with Crippen LogP contribution >= 0.6 is 11.8 Å². The fourth-order valence-corrected chi connectivity index (χ4v) is 6.43. The van der Waals surface area contributed by atoms with Crippen molar-refractivity contribution in [2.45, 2.75) is 68.5 Å². The number of nitrogens with zero attached hydrogens (tertiary/aromatic N) is 1. The van der Waals surface area contributed by atoms with Crippen LogP contribution in [-0.2, 0) is 24.2 Å². The third-order valence-electron chi connectivity index (χ3n) is 7.34. The first-order valence-electron chi connectivity index (χ1n) is 12.2. The fraction of sp³-hybridized carbons (Fsp3) is 0.379. The Hall–Kier alpha value is -2.45. The Morgan fingerprint density at radius 3 is 1.92 bits per heavy atom. The summed E-state index contributed by atoms with van der Waals surface area (Å²) in [5.74, 6) is 1.50. The fourth-order valence-electron chi connectivity index (χ4n) is 4.15. The molecule has 0 aliphatic carbocycles. The Bertz CT molecular complexity index is 1220. The van der Waals surface area contributed by atoms with Gasteiger partial charge >= 0.3 is 0 Å². The maximum Gasteiger partial charge on any atom is 0.192 e. The number of methoxy groups -OCH3 is 2. The molecule has 5 nitrogen and oxygen atoms in total. The van der Waals surface area contributed by atoms with E-state index < -0.39 is 8.32 Å². The van der Waals surface area contributed by atoms with E-state index in [4.69, 9.17) is 13.9 Å². The quantitative estimate of drug-likeness (QED) is 0.308. The summed E-state index contributed by atoms with van der Waals surface area (Å²) >= 11 is 1.67. The van der Waals surface area contributed by atoms with Gasteiger partial charge < -0.3 is 23.9 Å². The van der Waals surface area contributed by atoms with Crippen molar-refractivity contribution in [2.75, 3.05) is 19.1 Å². The minimum Gasteiger partial charge on any atom is -0.496 e. The van der Waals surface area contributed by atoms with E-state index in [-0.39, 0.29) is 11.6 Å². The normalized spacial score (nSPS) is 13.3. The number of rotatable bonds is 8. The number of fused-ring (bicyclic) bond motifs is 2. The van der Waals surface area contributed by atoms with Crippen LogP contribution in [0.3, 0.4) is 0 Å². The van der Waals surface area contributed by atoms with Crippen molar-refractivity contribution < 1.29 is 19.0 Å². The van der Waals surface area contributed by atoms with E-state index >= 15 is 0 Å². The first kappa shape index (κ1) is 26.6. The van der Waals surface area contributed by atoms with Gasteiger partial charge in [0.25, 0.3) is 0 Å². The second kappa shape index (κ2) is 10.5. The second-order valence-corrected chi connectivity index (χ2v) is 16.4. The highest BCUT2D eigenvalue weighted by molar-refractivity contribution is 7.99. The Balaban J connectivity index is 1.87. The molecular formula is C29H37NO4SSi. The number of aliphatic hydroxyl groups excluding tert-OH is 1. The molecule has 36 heavy (non-hydrogen) atoms. The highest BCUT2D eigenvalue weighted by Crippen LogP contribution is 2.54. The molecular weight excluding hydrogens is 486 g/mol. The molecule has 0 fully saturated rings. The first-order chi connectivity index (χ1) is 17.1. The van der Waals surface area contributed by atoms with Gasteiger partial charge in [0, 0.05) is 27.5 Å². The van der Waals surface area contributed by atoms with Crippen molar-refractivity contribution in [1.29, 1.82) is 0 Å². The second-order valence-electron chi connectivity index (χ2n) is 10.6. The van der Waals surface area contributed by atoms with Gasteiger partial charge in [-0.3, -0.25) is 0 Å². The molecule has 1 heterocycles. The molecule has 0 aromatic heterocycles. The number of anilines is 2. The summed E-state index contributed by atoms with van der Waals surface area (Å²) in [4.78, 5) is 4.42. The summed E-state index contributed by atoms with van der Waals surface area (Å²) < 4.78 is 18.1. The molecule has 1 N–H and O–H groups in total. The summed E-state index contributed by atoms with van der Waals surface area (Å²) in [5, 5.41) is 10.4. The topological polar surface area (TPSA) is 51.2 Å². The predicted octanol–water partition coefficient (Wildman–Crippen LogP) is 7.52. The molecule has 3 aromatic carbocycles. The summed E-state index contributed by atoms with van der Waals surface area (Å²) in [7, 11) is 1.37. The van der Waals surface area contributed by atoms with E-state index in [2.05, 4.69) is 75.2 Å². The van der Waals surface area contributed by atoms with Crippen LogP contribution in [0.15, 0.2) is 64.4 Å². The summed E-state index contributed by atoms with van der Waals surface area (Å²) in [6.45, 7) is 12.4. The zero-order chi connectivity index (χ0) is 26.1. The molecule has 192 valence electrons. The molecule has 1 aliphatic rings. The summed E-state index contributed by atoms with van der Waals surface area (Å²) in [6.07, 6.45) is 0. The van der Waals surface area contributed by atoms with Gasteiger partial charge in [0.15, 0.2) is 8.32 Å². The minimum atomic E-state index is -1.99. The van der Waals surface area contributed by atoms with E-state index in [1.807, 2.05) is 18.2 Å². The van der Waals surface area contributed by atoms with Gasteiger partial charge in [-0.05, 0) is 48.0 Å². The smallest absolute Gasteiger partial charge is 0.192 e. The van der Waals surface area contributed by atoms with Gasteiger partial charge in [-0.2, -0.15) is 0 Å². The van der Waals surface area contributed by atoms with Crippen molar-refractivity contribution >= 4 is 31.5 Å². The molecule has 0 bridgehead atoms. The SMILES string of the molecule is COc1ccc2c(c1CO)Sc1c(ccc(OC)c1CO[Si](C)(C)C(C)(C)C)N2Cc1ccccc1. The molecule has 0 saturated heterocycles. The third kappa shape index (κ3) is 5.02. The van der Waals surface area contributed by atoms with Gasteiger partial charge in [-0.25, -0.2) is 0 Å². The molecule has 0 amide bonds. The molecule has 0 radical (unpaired) electrons. The van der Waals surface area contributed by atoms with Gasteiger partial charge in [0.2, 0.25) is 0 Å². The number of hydrogen-bond donors (Lipinski definition) is 1. The number of hydrogen-bond acceptors (Lipinski definition) is 6. The van der Waals surface area contributed by atoms with Crippen molar-refractivity contribution in [3.8, 4) is 11.5 Å². The molecule has 0 spiro atoms. The average Bonchev–Trinajstić information content (AvgIpc) is 2.86. The Labute approximate surface area is 220 Å². The molecule has 7 heteroatoms. The van der Waals surface area contributed by atoms with Crippen LogP contribution in [0.1, 0.15) is 37.5 Å². The largest absolute Gasteiger partial charge is 0.496 e. The number of benzene rings is 3. The lowest BCUT2D eigenvalue weighted by Gasteiger charge is -2.38. The highest BCUT2D eigenvalue weighted by Gasteiger charge is 2.38. The van der Waals surface area contributed by atoms with Crippen LogP contribution in [0.4, 0.5) is 11.4 Å². The third-order valence-corrected chi connectivity index (χ3v) is 13.1. The number of aliphatic hydroxyl groups is 1. The average molecular weight is 524 g/mol. The zero-order valence-electron chi connectivity index (χ0n) is 22.3. The molecule has 1 aliphatic heterocycles. The van der Waals surface area contributed by atoms with Crippen molar-refractivity contribution in [3.05, 3.63) is 71.3 Å². The predicted molar refractivity (Wildman–Crippen MR) is 150 cm³/mol. The molecule has 0 saturated carbocycles. The molecule has 4 rings (SSSR count). The van der Waals surface area contributed by atoms with Gasteiger partial charge in [0.05, 0.1) is 38.8 Å². The van der Waals surface area contributed by atoms with Gasteiger partial charge in [-0.15, -0.1) is 0 Å². The van der Waals surface area contributed by atoms with Crippen LogP contribution in [0, 0.1) is 0 Å². The van der Waals surface area contributed by atoms with Crippen LogP contribution < -0.4 is 14.4 Å². The molecule has 0 unspecified atom stereocenters. The van der Waals surface area contributed by atoms with E-state index in [0.717, 1.165) is 38.0 Å². The maximum atomic E-state index is 10.3. The van der Waals surface area contributed by atoms with Crippen LogP contribution in [0.25, 0.3) is 0 Å². The van der Waals surface area contributed by atoms with Crippen molar-refractivity contribution in [2.24, 2.45) is 0 Å². The molecule has 3 aromatic rings. The lowest BCUT2D eigenvalue weighted by Crippen LogP contribution is -2.40. The van der Waals surface area contributed by atoms with Crippen LogP contribution in [0.5, 0.6) is 11.5 Å². The van der Waals surface area contributed by atoms with Crippen molar-refractivity contribution in [3.63, 3.8) is 0 Å². The van der Waals surface area contributed by atoms with Gasteiger partial charge in [0.1, 0.15) is 11.5 Å². The number of ether oxygens (including phenoxy) is 2. The van der Waals surface area contributed by atoms with Gasteiger partial charge in [-0.1, -0.05) is 62.9 Å². The molecule has 0 atom stereocenters. The van der Waals surface area contributed by atoms with E-state index in [1.54, 1.807) is 26.0 Å². The Kier molecular flexibility index (Phi) is 7.76.